The summed E-state index contributed by atoms with van der Waals surface area (Å²) in [4.78, 5) is 27.0. The number of aromatic nitrogens is 4. The number of aryl methyl sites for hydroxylation is 1. The molecule has 184 valence electrons. The maximum atomic E-state index is 13.2. The molecule has 0 aliphatic carbocycles. The molecule has 0 bridgehead atoms. The number of amides is 2. The van der Waals surface area contributed by atoms with Gasteiger partial charge in [-0.2, -0.15) is 10.2 Å². The summed E-state index contributed by atoms with van der Waals surface area (Å²) < 4.78 is 9.39. The molecule has 11 nitrogen and oxygen atoms in total. The van der Waals surface area contributed by atoms with E-state index in [9.17, 15) is 9.59 Å². The number of thiazole rings is 1. The molecule has 12 heteroatoms. The van der Waals surface area contributed by atoms with Gasteiger partial charge in [-0.3, -0.25) is 9.59 Å². The Labute approximate surface area is 206 Å². The van der Waals surface area contributed by atoms with E-state index in [0.717, 1.165) is 47.1 Å². The third kappa shape index (κ3) is 4.80. The first kappa shape index (κ1) is 23.1. The van der Waals surface area contributed by atoms with Crippen molar-refractivity contribution in [2.24, 2.45) is 0 Å². The number of hydrogen-bond donors (Lipinski definition) is 4. The zero-order chi connectivity index (χ0) is 24.4. The smallest absolute Gasteiger partial charge is 0.260 e. The van der Waals surface area contributed by atoms with E-state index in [1.165, 1.54) is 11.3 Å². The highest BCUT2D eigenvalue weighted by Gasteiger charge is 2.23. The Bertz CT molecular complexity index is 1320. The van der Waals surface area contributed by atoms with Crippen molar-refractivity contribution in [1.82, 2.24) is 40.7 Å². The van der Waals surface area contributed by atoms with Crippen LogP contribution in [0.15, 0.2) is 42.3 Å². The van der Waals surface area contributed by atoms with Gasteiger partial charge in [-0.15, -0.1) is 11.3 Å². The van der Waals surface area contributed by atoms with Gasteiger partial charge in [0.15, 0.2) is 0 Å². The molecule has 5 heterocycles. The fourth-order valence-corrected chi connectivity index (χ4v) is 5.00. The molecule has 0 saturated carbocycles. The van der Waals surface area contributed by atoms with Gasteiger partial charge in [0, 0.05) is 31.1 Å². The number of dihydropyridines is 1. The zero-order valence-corrected chi connectivity index (χ0v) is 20.4. The predicted molar refractivity (Wildman–Crippen MR) is 132 cm³/mol. The van der Waals surface area contributed by atoms with E-state index in [1.807, 2.05) is 24.7 Å². The number of allylic oxidation sites excluding steroid dienone is 1. The van der Waals surface area contributed by atoms with E-state index >= 15 is 0 Å². The summed E-state index contributed by atoms with van der Waals surface area (Å²) >= 11 is 1.47. The summed E-state index contributed by atoms with van der Waals surface area (Å²) in [7, 11) is 0. The normalized spacial score (nSPS) is 17.1. The third-order valence-corrected chi connectivity index (χ3v) is 6.92. The van der Waals surface area contributed by atoms with Crippen LogP contribution in [0, 0.1) is 0 Å². The second kappa shape index (κ2) is 9.92. The highest BCUT2D eigenvalue weighted by Crippen LogP contribution is 2.37. The Morgan fingerprint density at radius 3 is 3.03 bits per heavy atom. The predicted octanol–water partition coefficient (Wildman–Crippen LogP) is 1.60. The lowest BCUT2D eigenvalue weighted by atomic mass is 10.1. The van der Waals surface area contributed by atoms with Crippen LogP contribution >= 0.6 is 11.3 Å². The van der Waals surface area contributed by atoms with Crippen LogP contribution in [0.25, 0.3) is 15.3 Å². The number of nitrogens with zero attached hydrogens (tertiary/aromatic N) is 4. The first-order valence-corrected chi connectivity index (χ1v) is 12.5. The summed E-state index contributed by atoms with van der Waals surface area (Å²) in [5.41, 5.74) is 2.62. The Morgan fingerprint density at radius 1 is 1.29 bits per heavy atom. The summed E-state index contributed by atoms with van der Waals surface area (Å²) in [6, 6.07) is -0.126. The SMILES string of the molecule is CCCNCC(=O)NC1=CNC(C)C(NC(=O)c2cnn3cc(-c4cnn5c4OCCC5)sc23)=C1. The monoisotopic (exact) mass is 496 g/mol. The maximum absolute atomic E-state index is 13.2. The minimum atomic E-state index is -0.265. The highest BCUT2D eigenvalue weighted by molar-refractivity contribution is 7.21. The molecule has 2 aliphatic heterocycles. The molecule has 5 rings (SSSR count). The zero-order valence-electron chi connectivity index (χ0n) is 19.6. The van der Waals surface area contributed by atoms with Crippen LogP contribution in [0.5, 0.6) is 5.88 Å². The van der Waals surface area contributed by atoms with Gasteiger partial charge >= 0.3 is 0 Å². The van der Waals surface area contributed by atoms with Crippen molar-refractivity contribution >= 4 is 28.0 Å². The number of carbonyl (C=O) groups excluding carboxylic acids is 2. The van der Waals surface area contributed by atoms with Gasteiger partial charge in [-0.1, -0.05) is 6.92 Å². The van der Waals surface area contributed by atoms with Crippen LogP contribution < -0.4 is 26.0 Å². The van der Waals surface area contributed by atoms with E-state index in [4.69, 9.17) is 4.74 Å². The maximum Gasteiger partial charge on any atom is 0.260 e. The molecule has 0 fully saturated rings. The molecule has 1 atom stereocenters. The minimum absolute atomic E-state index is 0.126. The van der Waals surface area contributed by atoms with Gasteiger partial charge in [0.2, 0.25) is 11.8 Å². The Kier molecular flexibility index (Phi) is 6.55. The largest absolute Gasteiger partial charge is 0.477 e. The van der Waals surface area contributed by atoms with E-state index in [2.05, 4.69) is 31.5 Å². The molecule has 35 heavy (non-hydrogen) atoms. The lowest BCUT2D eigenvalue weighted by Crippen LogP contribution is -2.40. The fraction of sp³-hybridized carbons (Fsp3) is 0.391. The first-order valence-electron chi connectivity index (χ1n) is 11.7. The molecule has 2 aliphatic rings. The lowest BCUT2D eigenvalue weighted by Gasteiger charge is -2.23. The van der Waals surface area contributed by atoms with Gasteiger partial charge in [0.1, 0.15) is 4.83 Å². The summed E-state index contributed by atoms with van der Waals surface area (Å²) in [6.07, 6.45) is 10.6. The summed E-state index contributed by atoms with van der Waals surface area (Å²) in [6.45, 7) is 6.49. The van der Waals surface area contributed by atoms with E-state index < -0.39 is 0 Å². The molecule has 0 saturated heterocycles. The van der Waals surface area contributed by atoms with Crippen LogP contribution in [-0.4, -0.2) is 56.9 Å². The van der Waals surface area contributed by atoms with Gasteiger partial charge in [-0.05, 0) is 26.0 Å². The fourth-order valence-electron chi connectivity index (χ4n) is 3.94. The van der Waals surface area contributed by atoms with E-state index in [-0.39, 0.29) is 24.4 Å². The summed E-state index contributed by atoms with van der Waals surface area (Å²) in [5.74, 6) is 0.350. The molecule has 4 N–H and O–H groups in total. The Hall–Kier alpha value is -3.64. The second-order valence-corrected chi connectivity index (χ2v) is 9.49. The number of carbonyl (C=O) groups is 2. The van der Waals surface area contributed by atoms with Crippen molar-refractivity contribution < 1.29 is 14.3 Å². The Balaban J connectivity index is 1.31. The van der Waals surface area contributed by atoms with E-state index in [1.54, 1.807) is 29.2 Å². The quantitative estimate of drug-likeness (QED) is 0.349. The number of ether oxygens (including phenoxy) is 1. The van der Waals surface area contributed by atoms with Crippen LogP contribution in [0.2, 0.25) is 0 Å². The first-order chi connectivity index (χ1) is 17.0. The van der Waals surface area contributed by atoms with Crippen molar-refractivity contribution in [1.29, 1.82) is 0 Å². The van der Waals surface area contributed by atoms with Crippen LogP contribution in [0.3, 0.4) is 0 Å². The molecule has 0 spiro atoms. The third-order valence-electron chi connectivity index (χ3n) is 5.77. The van der Waals surface area contributed by atoms with Gasteiger partial charge < -0.3 is 26.0 Å². The molecule has 1 unspecified atom stereocenters. The molecular weight excluding hydrogens is 468 g/mol. The Morgan fingerprint density at radius 2 is 2.17 bits per heavy atom. The van der Waals surface area contributed by atoms with Crippen LogP contribution in [0.1, 0.15) is 37.0 Å². The highest BCUT2D eigenvalue weighted by atomic mass is 32.1. The topological polar surface area (TPSA) is 127 Å². The van der Waals surface area contributed by atoms with Crippen molar-refractivity contribution in [3.63, 3.8) is 0 Å². The van der Waals surface area contributed by atoms with Gasteiger partial charge in [0.25, 0.3) is 5.91 Å². The molecule has 0 radical (unpaired) electrons. The molecule has 3 aromatic heterocycles. The molecule has 3 aromatic rings. The van der Waals surface area contributed by atoms with Crippen molar-refractivity contribution in [3.05, 3.63) is 47.8 Å². The average molecular weight is 497 g/mol. The number of fused-ring (bicyclic) bond motifs is 2. The molecule has 2 amide bonds. The minimum Gasteiger partial charge on any atom is -0.477 e. The van der Waals surface area contributed by atoms with E-state index in [0.29, 0.717) is 23.6 Å². The average Bonchev–Trinajstić information content (AvgIpc) is 3.55. The second-order valence-electron chi connectivity index (χ2n) is 8.46. The van der Waals surface area contributed by atoms with Crippen LogP contribution in [-0.2, 0) is 11.3 Å². The van der Waals surface area contributed by atoms with Crippen molar-refractivity contribution in [2.45, 2.75) is 39.3 Å². The van der Waals surface area contributed by atoms with Crippen molar-refractivity contribution in [2.75, 3.05) is 19.7 Å². The lowest BCUT2D eigenvalue weighted by molar-refractivity contribution is -0.119. The summed E-state index contributed by atoms with van der Waals surface area (Å²) in [5, 5.41) is 20.9. The number of rotatable bonds is 8. The molecular formula is C23H28N8O3S. The van der Waals surface area contributed by atoms with Crippen molar-refractivity contribution in [3.8, 4) is 16.3 Å². The standard InChI is InChI=1S/C23H28N8O3S/c1-3-5-24-12-20(32)28-15-8-18(14(2)25-9-15)29-21(33)17-11-27-31-13-19(35-23(17)31)16-10-26-30-6-4-7-34-22(16)30/h8-11,13-14,24-25H,3-7,12H2,1-2H3,(H,28,32)(H,29,33). The number of nitrogens with one attached hydrogen (secondary N) is 4. The van der Waals surface area contributed by atoms with Gasteiger partial charge in [-0.25, -0.2) is 9.20 Å². The van der Waals surface area contributed by atoms with Crippen LogP contribution in [0.4, 0.5) is 0 Å². The molecule has 0 aromatic carbocycles. The number of hydrogen-bond acceptors (Lipinski definition) is 8. The van der Waals surface area contributed by atoms with Gasteiger partial charge in [0.05, 0.1) is 53.3 Å².